The Hall–Kier alpha value is -3.24. The highest BCUT2D eigenvalue weighted by molar-refractivity contribution is 7.14. The van der Waals surface area contributed by atoms with Crippen LogP contribution in [0.3, 0.4) is 0 Å². The second-order valence-corrected chi connectivity index (χ2v) is 8.50. The van der Waals surface area contributed by atoms with E-state index in [1.54, 1.807) is 24.3 Å². The number of benzene rings is 1. The molecule has 0 aliphatic heterocycles. The number of nitriles is 1. The summed E-state index contributed by atoms with van der Waals surface area (Å²) in [5.74, 6) is -0.976. The molecule has 1 aromatic heterocycles. The summed E-state index contributed by atoms with van der Waals surface area (Å²) in [4.78, 5) is 35.9. The first-order valence-electron chi connectivity index (χ1n) is 8.96. The molecule has 0 radical (unpaired) electrons. The van der Waals surface area contributed by atoms with E-state index >= 15 is 0 Å². The van der Waals surface area contributed by atoms with E-state index in [0.717, 1.165) is 5.56 Å². The molecule has 2 N–H and O–H groups in total. The predicted octanol–water partition coefficient (Wildman–Crippen LogP) is 4.64. The number of hydrogen-bond donors (Lipinski definition) is 2. The molecule has 0 aliphatic carbocycles. The predicted molar refractivity (Wildman–Crippen MR) is 115 cm³/mol. The van der Waals surface area contributed by atoms with Crippen molar-refractivity contribution in [2.45, 2.75) is 40.0 Å². The van der Waals surface area contributed by atoms with Gasteiger partial charge in [0.15, 0.2) is 5.78 Å². The van der Waals surface area contributed by atoms with Gasteiger partial charge in [0, 0.05) is 22.9 Å². The van der Waals surface area contributed by atoms with Crippen LogP contribution in [0.15, 0.2) is 41.3 Å². The number of carbonyl (C=O) groups excluding carboxylic acids is 3. The smallest absolute Gasteiger partial charge is 0.252 e. The van der Waals surface area contributed by atoms with Gasteiger partial charge in [0.05, 0.1) is 5.56 Å². The van der Waals surface area contributed by atoms with E-state index < -0.39 is 11.8 Å². The second-order valence-electron chi connectivity index (χ2n) is 7.62. The Bertz CT molecular complexity index is 1020. The number of nitrogens with one attached hydrogen (secondary N) is 2. The number of hydrogen-bond acceptors (Lipinski definition) is 5. The first-order valence-corrected chi connectivity index (χ1v) is 9.84. The van der Waals surface area contributed by atoms with Gasteiger partial charge in [0.25, 0.3) is 5.91 Å². The molecule has 1 aromatic carbocycles. The summed E-state index contributed by atoms with van der Waals surface area (Å²) in [5.41, 5.74) is 2.37. The van der Waals surface area contributed by atoms with Crippen molar-refractivity contribution >= 4 is 39.6 Å². The topological polar surface area (TPSA) is 99.1 Å². The van der Waals surface area contributed by atoms with Crippen LogP contribution in [0.4, 0.5) is 10.7 Å². The van der Waals surface area contributed by atoms with Gasteiger partial charge in [0.2, 0.25) is 5.91 Å². The quantitative estimate of drug-likeness (QED) is 0.555. The minimum absolute atomic E-state index is 0.0600. The van der Waals surface area contributed by atoms with Crippen molar-refractivity contribution in [3.05, 3.63) is 58.0 Å². The molecule has 0 aliphatic rings. The summed E-state index contributed by atoms with van der Waals surface area (Å²) in [6.45, 7) is 8.99. The number of carbonyl (C=O) groups is 3. The lowest BCUT2D eigenvalue weighted by Gasteiger charge is -2.17. The van der Waals surface area contributed by atoms with Crippen molar-refractivity contribution in [3.8, 4) is 6.07 Å². The van der Waals surface area contributed by atoms with Gasteiger partial charge in [-0.3, -0.25) is 14.4 Å². The summed E-state index contributed by atoms with van der Waals surface area (Å²) in [6.07, 6.45) is 1.19. The molecule has 150 valence electrons. The molecule has 2 amide bonds. The van der Waals surface area contributed by atoms with Crippen molar-refractivity contribution < 1.29 is 14.4 Å². The Morgan fingerprint density at radius 3 is 2.21 bits per heavy atom. The van der Waals surface area contributed by atoms with Crippen molar-refractivity contribution in [2.24, 2.45) is 0 Å². The highest BCUT2D eigenvalue weighted by Crippen LogP contribution is 2.35. The van der Waals surface area contributed by atoms with Gasteiger partial charge in [-0.1, -0.05) is 20.8 Å². The molecule has 7 heteroatoms. The Morgan fingerprint density at radius 2 is 1.69 bits per heavy atom. The fraction of sp³-hybridized carbons (Fsp3) is 0.273. The largest absolute Gasteiger partial charge is 0.323 e. The lowest BCUT2D eigenvalue weighted by molar-refractivity contribution is -0.114. The van der Waals surface area contributed by atoms with Crippen LogP contribution < -0.4 is 10.6 Å². The molecule has 0 saturated heterocycles. The zero-order valence-corrected chi connectivity index (χ0v) is 17.9. The lowest BCUT2D eigenvalue weighted by Crippen LogP contribution is -2.17. The van der Waals surface area contributed by atoms with Crippen LogP contribution in [0.2, 0.25) is 0 Å². The van der Waals surface area contributed by atoms with Crippen molar-refractivity contribution in [1.82, 2.24) is 0 Å². The van der Waals surface area contributed by atoms with Crippen molar-refractivity contribution in [2.75, 3.05) is 10.6 Å². The maximum Gasteiger partial charge on any atom is 0.252 e. The van der Waals surface area contributed by atoms with Crippen LogP contribution >= 0.6 is 11.3 Å². The van der Waals surface area contributed by atoms with E-state index in [1.165, 1.54) is 31.3 Å². The minimum Gasteiger partial charge on any atom is -0.323 e. The van der Waals surface area contributed by atoms with Gasteiger partial charge >= 0.3 is 0 Å². The number of rotatable bonds is 5. The molecular formula is C22H23N3O3S. The first kappa shape index (κ1) is 22.1. The number of nitrogens with zero attached hydrogens (tertiary/aromatic N) is 1. The molecule has 0 saturated carbocycles. The number of Topliss-reactive ketones (excluding diaryl/α,β-unsaturated/α-hetero) is 1. The summed E-state index contributed by atoms with van der Waals surface area (Å²) in [7, 11) is 0. The molecule has 2 rings (SSSR count). The molecule has 2 aromatic rings. The highest BCUT2D eigenvalue weighted by atomic mass is 32.1. The first-order chi connectivity index (χ1) is 13.5. The van der Waals surface area contributed by atoms with E-state index in [9.17, 15) is 19.6 Å². The fourth-order valence-electron chi connectivity index (χ4n) is 2.54. The SMILES string of the molecule is CC(=O)c1ccc(NC(=O)/C=C(/C)C(=O)Nc2scc(C(C)(C)C)c2C#N)cc1. The normalized spacial score (nSPS) is 11.5. The number of ketones is 1. The second kappa shape index (κ2) is 8.84. The van der Waals surface area contributed by atoms with Gasteiger partial charge in [-0.2, -0.15) is 5.26 Å². The minimum atomic E-state index is -0.463. The maximum absolute atomic E-state index is 12.4. The fourth-order valence-corrected chi connectivity index (χ4v) is 3.68. The van der Waals surface area contributed by atoms with Crippen LogP contribution in [0.25, 0.3) is 0 Å². The third kappa shape index (κ3) is 5.62. The third-order valence-electron chi connectivity index (χ3n) is 4.20. The molecule has 1 heterocycles. The zero-order chi connectivity index (χ0) is 21.8. The van der Waals surface area contributed by atoms with Gasteiger partial charge in [-0.15, -0.1) is 11.3 Å². The average molecular weight is 410 g/mol. The number of thiophene rings is 1. The zero-order valence-electron chi connectivity index (χ0n) is 17.0. The van der Waals surface area contributed by atoms with Crippen LogP contribution in [0.1, 0.15) is 56.1 Å². The highest BCUT2D eigenvalue weighted by Gasteiger charge is 2.23. The summed E-state index contributed by atoms with van der Waals surface area (Å²) in [6, 6.07) is 8.64. The molecule has 0 bridgehead atoms. The van der Waals surface area contributed by atoms with Gasteiger partial charge in [-0.25, -0.2) is 0 Å². The van der Waals surface area contributed by atoms with Crippen molar-refractivity contribution in [3.63, 3.8) is 0 Å². The summed E-state index contributed by atoms with van der Waals surface area (Å²) in [5, 5.41) is 17.2. The summed E-state index contributed by atoms with van der Waals surface area (Å²) >= 11 is 1.29. The Labute approximate surface area is 174 Å². The molecule has 0 atom stereocenters. The lowest BCUT2D eigenvalue weighted by atomic mass is 9.86. The maximum atomic E-state index is 12.4. The third-order valence-corrected chi connectivity index (χ3v) is 5.10. The molecule has 0 unspecified atom stereocenters. The Kier molecular flexibility index (Phi) is 6.72. The van der Waals surface area contributed by atoms with E-state index in [1.807, 2.05) is 26.2 Å². The molecular weight excluding hydrogens is 386 g/mol. The average Bonchev–Trinajstić information content (AvgIpc) is 3.04. The molecule has 0 spiro atoms. The van der Waals surface area contributed by atoms with E-state index in [-0.39, 0.29) is 16.8 Å². The van der Waals surface area contributed by atoms with Gasteiger partial charge in [-0.05, 0) is 54.5 Å². The van der Waals surface area contributed by atoms with Crippen LogP contribution in [-0.2, 0) is 15.0 Å². The molecule has 0 fully saturated rings. The van der Waals surface area contributed by atoms with E-state index in [0.29, 0.717) is 21.8 Å². The molecule has 29 heavy (non-hydrogen) atoms. The number of anilines is 2. The summed E-state index contributed by atoms with van der Waals surface area (Å²) < 4.78 is 0. The van der Waals surface area contributed by atoms with Crippen LogP contribution in [0.5, 0.6) is 0 Å². The monoisotopic (exact) mass is 409 g/mol. The Morgan fingerprint density at radius 1 is 1.07 bits per heavy atom. The van der Waals surface area contributed by atoms with Gasteiger partial charge in [0.1, 0.15) is 11.1 Å². The molecule has 6 nitrogen and oxygen atoms in total. The Balaban J connectivity index is 2.09. The van der Waals surface area contributed by atoms with E-state index in [4.69, 9.17) is 0 Å². The van der Waals surface area contributed by atoms with Crippen molar-refractivity contribution in [1.29, 1.82) is 5.26 Å². The van der Waals surface area contributed by atoms with Crippen LogP contribution in [0, 0.1) is 11.3 Å². The van der Waals surface area contributed by atoms with E-state index in [2.05, 4.69) is 16.7 Å². The standard InChI is InChI=1S/C22H23N3O3S/c1-13(10-19(27)24-16-8-6-15(7-9-16)14(2)26)20(28)25-21-17(11-23)18(12-29-21)22(3,4)5/h6-10,12H,1-5H3,(H,24,27)(H,25,28)/b13-10-. The van der Waals surface area contributed by atoms with Crippen LogP contribution in [-0.4, -0.2) is 17.6 Å². The van der Waals surface area contributed by atoms with Gasteiger partial charge < -0.3 is 10.6 Å². The number of amides is 2.